The van der Waals surface area contributed by atoms with Crippen molar-refractivity contribution in [2.24, 2.45) is 0 Å². The van der Waals surface area contributed by atoms with Gasteiger partial charge in [-0.1, -0.05) is 0 Å². The van der Waals surface area contributed by atoms with Crippen LogP contribution in [0.5, 0.6) is 0 Å². The summed E-state index contributed by atoms with van der Waals surface area (Å²) in [5.41, 5.74) is 0. The molecule has 0 aromatic rings. The van der Waals surface area contributed by atoms with Crippen LogP contribution in [0.2, 0.25) is 0 Å². The van der Waals surface area contributed by atoms with Crippen molar-refractivity contribution in [2.75, 3.05) is 0 Å². The molecule has 0 heterocycles. The van der Waals surface area contributed by atoms with Gasteiger partial charge in [-0.05, 0) is 0 Å². The van der Waals surface area contributed by atoms with Crippen molar-refractivity contribution >= 4 is 19.7 Å². The third kappa shape index (κ3) is 823. The van der Waals surface area contributed by atoms with Crippen LogP contribution in [-0.2, 0) is 19.3 Å². The standard InChI is InChI=1S/Na.H2O4S.O2Si.H/c;1-5(2,3)4;1-3-2;/h;(H2,1,2,3,4);;/q+1;;;-1. The van der Waals surface area contributed by atoms with Gasteiger partial charge in [-0.2, -0.15) is 8.42 Å². The minimum Gasteiger partial charge on any atom is -1.00 e. The molecule has 0 unspecified atom stereocenters. The van der Waals surface area contributed by atoms with Crippen molar-refractivity contribution in [1.29, 1.82) is 0 Å². The smallest absolute Gasteiger partial charge is 1.00 e. The monoisotopic (exact) mass is 182 g/mol. The van der Waals surface area contributed by atoms with Crippen molar-refractivity contribution in [3.8, 4) is 0 Å². The summed E-state index contributed by atoms with van der Waals surface area (Å²) in [6.07, 6.45) is 0. The molecule has 0 aliphatic rings. The van der Waals surface area contributed by atoms with E-state index in [2.05, 4.69) is 0 Å². The maximum Gasteiger partial charge on any atom is 1.00 e. The molecule has 9 heavy (non-hydrogen) atoms. The number of rotatable bonds is 0. The van der Waals surface area contributed by atoms with Gasteiger partial charge in [0, 0.05) is 0 Å². The van der Waals surface area contributed by atoms with Crippen molar-refractivity contribution in [3.63, 3.8) is 0 Å². The zero-order chi connectivity index (χ0) is 7.21. The van der Waals surface area contributed by atoms with Gasteiger partial charge in [-0.3, -0.25) is 18.0 Å². The Morgan fingerprint density at radius 1 is 1.22 bits per heavy atom. The number of hydrogen-bond acceptors (Lipinski definition) is 4. The normalized spacial score (nSPS) is 7.33. The van der Waals surface area contributed by atoms with Crippen molar-refractivity contribution < 1.29 is 57.4 Å². The van der Waals surface area contributed by atoms with Crippen LogP contribution in [0, 0.1) is 0 Å². The molecule has 6 nitrogen and oxygen atoms in total. The second kappa shape index (κ2) is 8.69. The topological polar surface area (TPSA) is 109 Å². The largest absolute Gasteiger partial charge is 1.00 e. The summed E-state index contributed by atoms with van der Waals surface area (Å²) >= 11 is 0. The first-order chi connectivity index (χ1) is 3.41. The summed E-state index contributed by atoms with van der Waals surface area (Å²) in [5, 5.41) is 0. The molecule has 0 aromatic heterocycles. The first-order valence-corrected chi connectivity index (χ1v) is 3.32. The predicted octanol–water partition coefficient (Wildman–Crippen LogP) is -4.15. The number of hydrogen-bond donors (Lipinski definition) is 2. The van der Waals surface area contributed by atoms with Crippen LogP contribution < -0.4 is 29.6 Å². The van der Waals surface area contributed by atoms with Crippen LogP contribution in [0.3, 0.4) is 0 Å². The van der Waals surface area contributed by atoms with E-state index >= 15 is 0 Å². The predicted molar refractivity (Wildman–Crippen MR) is 22.4 cm³/mol. The average Bonchev–Trinajstić information content (AvgIpc) is 1.27. The molecule has 0 rings (SSSR count). The molecule has 9 heteroatoms. The Bertz CT molecular complexity index is 158. The molecular formula is H3NaO6SSi. The first kappa shape index (κ1) is 16.3. The second-order valence-electron chi connectivity index (χ2n) is 0.531. The Hall–Kier alpha value is 0.687. The fraction of sp³-hybridized carbons (Fsp3) is 0. The summed E-state index contributed by atoms with van der Waals surface area (Å²) in [4.78, 5) is 0. The van der Waals surface area contributed by atoms with Crippen LogP contribution in [0.1, 0.15) is 1.43 Å². The van der Waals surface area contributed by atoms with E-state index in [0.717, 1.165) is 0 Å². The molecule has 0 bridgehead atoms. The molecule has 0 spiro atoms. The molecule has 0 aliphatic heterocycles. The van der Waals surface area contributed by atoms with E-state index in [1.54, 1.807) is 0 Å². The van der Waals surface area contributed by atoms with Gasteiger partial charge in [0.1, 0.15) is 0 Å². The molecule has 0 aliphatic carbocycles. The summed E-state index contributed by atoms with van der Waals surface area (Å²) in [6.45, 7) is 0. The molecule has 0 saturated carbocycles. The summed E-state index contributed by atoms with van der Waals surface area (Å²) in [6, 6.07) is 0. The minimum atomic E-state index is -4.67. The van der Waals surface area contributed by atoms with Gasteiger partial charge < -0.3 is 1.43 Å². The molecular weight excluding hydrogens is 179 g/mol. The van der Waals surface area contributed by atoms with Gasteiger partial charge in [0.15, 0.2) is 0 Å². The van der Waals surface area contributed by atoms with Gasteiger partial charge in [0.05, 0.1) is 0 Å². The van der Waals surface area contributed by atoms with Gasteiger partial charge in [0.2, 0.25) is 0 Å². The SMILES string of the molecule is O=S(=O)(O)O.O=[Si]=O.[H-].[Na+]. The van der Waals surface area contributed by atoms with Crippen molar-refractivity contribution in [1.82, 2.24) is 0 Å². The van der Waals surface area contributed by atoms with Gasteiger partial charge in [-0.15, -0.1) is 0 Å². The van der Waals surface area contributed by atoms with E-state index in [1.807, 2.05) is 0 Å². The van der Waals surface area contributed by atoms with E-state index < -0.39 is 19.7 Å². The fourth-order valence-corrected chi connectivity index (χ4v) is 0. The Labute approximate surface area is 76.9 Å². The summed E-state index contributed by atoms with van der Waals surface area (Å²) < 4.78 is 48.4. The molecule has 50 valence electrons. The molecule has 2 N–H and O–H groups in total. The van der Waals surface area contributed by atoms with Crippen molar-refractivity contribution in [2.45, 2.75) is 0 Å². The van der Waals surface area contributed by atoms with E-state index in [0.29, 0.717) is 0 Å². The zero-order valence-electron chi connectivity index (χ0n) is 5.44. The Balaban J connectivity index is -0.0000000326. The van der Waals surface area contributed by atoms with Crippen LogP contribution in [0.15, 0.2) is 0 Å². The van der Waals surface area contributed by atoms with Gasteiger partial charge in [-0.25, -0.2) is 0 Å². The van der Waals surface area contributed by atoms with Crippen LogP contribution in [0.4, 0.5) is 0 Å². The van der Waals surface area contributed by atoms with Gasteiger partial charge in [0.25, 0.3) is 0 Å². The summed E-state index contributed by atoms with van der Waals surface area (Å²) in [7, 11) is -6.08. The van der Waals surface area contributed by atoms with Crippen LogP contribution in [0.25, 0.3) is 0 Å². The molecule has 0 aromatic carbocycles. The maximum absolute atomic E-state index is 8.74. The maximum atomic E-state index is 8.74. The summed E-state index contributed by atoms with van der Waals surface area (Å²) in [5.74, 6) is 0. The van der Waals surface area contributed by atoms with Gasteiger partial charge >= 0.3 is 49.2 Å². The van der Waals surface area contributed by atoms with Crippen LogP contribution >= 0.6 is 0 Å². The second-order valence-corrected chi connectivity index (χ2v) is 1.59. The molecule has 0 saturated heterocycles. The third-order valence-corrected chi connectivity index (χ3v) is 0. The Morgan fingerprint density at radius 3 is 1.22 bits per heavy atom. The first-order valence-electron chi connectivity index (χ1n) is 1.11. The Kier molecular flexibility index (Phi) is 15.8. The van der Waals surface area contributed by atoms with E-state index in [-0.39, 0.29) is 31.0 Å². The Morgan fingerprint density at radius 2 is 1.22 bits per heavy atom. The van der Waals surface area contributed by atoms with Crippen molar-refractivity contribution in [3.05, 3.63) is 0 Å². The van der Waals surface area contributed by atoms with E-state index in [4.69, 9.17) is 26.4 Å². The molecule has 0 radical (unpaired) electrons. The van der Waals surface area contributed by atoms with Crippen LogP contribution in [-0.4, -0.2) is 26.8 Å². The minimum absolute atomic E-state index is 0. The third-order valence-electron chi connectivity index (χ3n) is 0. The van der Waals surface area contributed by atoms with E-state index in [1.165, 1.54) is 0 Å². The average molecular weight is 182 g/mol. The molecule has 0 amide bonds. The zero-order valence-corrected chi connectivity index (χ0v) is 8.25. The molecule has 0 fully saturated rings. The molecule has 0 atom stereocenters. The quantitative estimate of drug-likeness (QED) is 0.291. The van der Waals surface area contributed by atoms with E-state index in [9.17, 15) is 0 Å². The fourth-order valence-electron chi connectivity index (χ4n) is 0.